The molecule has 0 unspecified atom stereocenters. The van der Waals surface area contributed by atoms with Crippen molar-refractivity contribution in [1.29, 1.82) is 0 Å². The standard InChI is InChI=1S/C16H29N/c1-15(2,3)17(4)11-16-8-12-5-13(9-16)7-14(6-12)10-16/h12-14H,5-11H2,1-4H3. The van der Waals surface area contributed by atoms with Gasteiger partial charge in [0, 0.05) is 12.1 Å². The zero-order valence-electron chi connectivity index (χ0n) is 12.1. The molecule has 4 saturated carbocycles. The number of nitrogens with zero attached hydrogens (tertiary/aromatic N) is 1. The van der Waals surface area contributed by atoms with Crippen LogP contribution in [0.5, 0.6) is 0 Å². The Morgan fingerprint density at radius 1 is 0.941 bits per heavy atom. The minimum absolute atomic E-state index is 0.337. The third-order valence-corrected chi connectivity index (χ3v) is 5.88. The first-order chi connectivity index (χ1) is 7.86. The van der Waals surface area contributed by atoms with Crippen molar-refractivity contribution in [1.82, 2.24) is 4.90 Å². The number of rotatable bonds is 2. The number of hydrogen-bond donors (Lipinski definition) is 0. The van der Waals surface area contributed by atoms with E-state index >= 15 is 0 Å². The van der Waals surface area contributed by atoms with Crippen molar-refractivity contribution < 1.29 is 0 Å². The largest absolute Gasteiger partial charge is 0.301 e. The summed E-state index contributed by atoms with van der Waals surface area (Å²) >= 11 is 0. The Morgan fingerprint density at radius 3 is 1.71 bits per heavy atom. The van der Waals surface area contributed by atoms with Crippen LogP contribution in [0.4, 0.5) is 0 Å². The Morgan fingerprint density at radius 2 is 1.35 bits per heavy atom. The zero-order valence-corrected chi connectivity index (χ0v) is 12.1. The molecule has 0 aromatic heterocycles. The summed E-state index contributed by atoms with van der Waals surface area (Å²) in [5.41, 5.74) is 1.04. The van der Waals surface area contributed by atoms with Gasteiger partial charge in [-0.1, -0.05) is 0 Å². The topological polar surface area (TPSA) is 3.24 Å². The van der Waals surface area contributed by atoms with Gasteiger partial charge in [0.15, 0.2) is 0 Å². The summed E-state index contributed by atoms with van der Waals surface area (Å²) in [6.07, 6.45) is 9.33. The normalized spacial score (nSPS) is 44.6. The van der Waals surface area contributed by atoms with Crippen LogP contribution in [0.1, 0.15) is 59.3 Å². The molecule has 0 N–H and O–H groups in total. The molecule has 4 rings (SSSR count). The summed E-state index contributed by atoms with van der Waals surface area (Å²) in [5, 5.41) is 0. The Hall–Kier alpha value is -0.0400. The van der Waals surface area contributed by atoms with Crippen LogP contribution >= 0.6 is 0 Å². The van der Waals surface area contributed by atoms with E-state index in [4.69, 9.17) is 0 Å². The van der Waals surface area contributed by atoms with E-state index in [1.165, 1.54) is 6.54 Å². The summed E-state index contributed by atoms with van der Waals surface area (Å²) in [4.78, 5) is 2.61. The van der Waals surface area contributed by atoms with Gasteiger partial charge in [-0.3, -0.25) is 0 Å². The smallest absolute Gasteiger partial charge is 0.0122 e. The molecule has 0 aliphatic heterocycles. The van der Waals surface area contributed by atoms with E-state index in [-0.39, 0.29) is 0 Å². The van der Waals surface area contributed by atoms with E-state index in [9.17, 15) is 0 Å². The molecule has 4 bridgehead atoms. The molecule has 4 aliphatic carbocycles. The molecule has 0 amide bonds. The Bertz CT molecular complexity index is 264. The molecule has 0 spiro atoms. The summed E-state index contributed by atoms with van der Waals surface area (Å²) in [6, 6.07) is 0. The van der Waals surface area contributed by atoms with Gasteiger partial charge in [-0.25, -0.2) is 0 Å². The first-order valence-electron chi connectivity index (χ1n) is 7.58. The van der Waals surface area contributed by atoms with Crippen molar-refractivity contribution in [2.45, 2.75) is 64.8 Å². The van der Waals surface area contributed by atoms with E-state index in [1.54, 1.807) is 38.5 Å². The van der Waals surface area contributed by atoms with E-state index in [0.29, 0.717) is 11.0 Å². The molecule has 1 nitrogen and oxygen atoms in total. The van der Waals surface area contributed by atoms with Crippen LogP contribution in [0.15, 0.2) is 0 Å². The molecule has 0 atom stereocenters. The summed E-state index contributed by atoms with van der Waals surface area (Å²) in [5.74, 6) is 3.28. The lowest BCUT2D eigenvalue weighted by Gasteiger charge is -2.58. The molecular formula is C16H29N. The molecule has 0 radical (unpaired) electrons. The van der Waals surface area contributed by atoms with Crippen molar-refractivity contribution in [3.05, 3.63) is 0 Å². The van der Waals surface area contributed by atoms with Gasteiger partial charge in [0.2, 0.25) is 0 Å². The molecule has 0 aromatic carbocycles. The van der Waals surface area contributed by atoms with Gasteiger partial charge >= 0.3 is 0 Å². The molecule has 1 heteroatoms. The Balaban J connectivity index is 1.74. The average molecular weight is 235 g/mol. The predicted octanol–water partition coefficient (Wildman–Crippen LogP) is 3.93. The molecule has 4 fully saturated rings. The Labute approximate surface area is 107 Å². The lowest BCUT2D eigenvalue weighted by molar-refractivity contribution is -0.0757. The average Bonchev–Trinajstić information content (AvgIpc) is 2.12. The predicted molar refractivity (Wildman–Crippen MR) is 73.0 cm³/mol. The minimum atomic E-state index is 0.337. The maximum atomic E-state index is 2.61. The second-order valence-electron chi connectivity index (χ2n) is 8.44. The highest BCUT2D eigenvalue weighted by Gasteiger charge is 2.51. The van der Waals surface area contributed by atoms with Crippen molar-refractivity contribution in [3.8, 4) is 0 Å². The third kappa shape index (κ3) is 2.16. The maximum absolute atomic E-state index is 2.61. The van der Waals surface area contributed by atoms with Crippen molar-refractivity contribution in [2.75, 3.05) is 13.6 Å². The first-order valence-corrected chi connectivity index (χ1v) is 7.58. The lowest BCUT2D eigenvalue weighted by Crippen LogP contribution is -2.53. The third-order valence-electron chi connectivity index (χ3n) is 5.88. The molecule has 98 valence electrons. The van der Waals surface area contributed by atoms with E-state index in [0.717, 1.165) is 17.8 Å². The van der Waals surface area contributed by atoms with E-state index < -0.39 is 0 Å². The summed E-state index contributed by atoms with van der Waals surface area (Å²) in [6.45, 7) is 8.41. The number of hydrogen-bond acceptors (Lipinski definition) is 1. The van der Waals surface area contributed by atoms with Crippen molar-refractivity contribution in [3.63, 3.8) is 0 Å². The van der Waals surface area contributed by atoms with E-state index in [2.05, 4.69) is 32.7 Å². The van der Waals surface area contributed by atoms with Crippen LogP contribution in [0.3, 0.4) is 0 Å². The van der Waals surface area contributed by atoms with Gasteiger partial charge in [-0.15, -0.1) is 0 Å². The fourth-order valence-electron chi connectivity index (χ4n) is 5.22. The highest BCUT2D eigenvalue weighted by molar-refractivity contribution is 5.03. The monoisotopic (exact) mass is 235 g/mol. The highest BCUT2D eigenvalue weighted by atomic mass is 15.2. The van der Waals surface area contributed by atoms with Gasteiger partial charge in [-0.05, 0) is 89.5 Å². The van der Waals surface area contributed by atoms with Gasteiger partial charge in [-0.2, -0.15) is 0 Å². The van der Waals surface area contributed by atoms with Crippen LogP contribution < -0.4 is 0 Å². The molecule has 0 aromatic rings. The fraction of sp³-hybridized carbons (Fsp3) is 1.00. The first kappa shape index (κ1) is 12.0. The van der Waals surface area contributed by atoms with Crippen LogP contribution in [-0.2, 0) is 0 Å². The fourth-order valence-corrected chi connectivity index (χ4v) is 5.22. The van der Waals surface area contributed by atoms with Crippen molar-refractivity contribution >= 4 is 0 Å². The van der Waals surface area contributed by atoms with E-state index in [1.807, 2.05) is 0 Å². The minimum Gasteiger partial charge on any atom is -0.301 e. The molecular weight excluding hydrogens is 206 g/mol. The maximum Gasteiger partial charge on any atom is 0.0122 e. The summed E-state index contributed by atoms with van der Waals surface area (Å²) in [7, 11) is 2.33. The Kier molecular flexibility index (Phi) is 2.63. The van der Waals surface area contributed by atoms with Gasteiger partial charge in [0.1, 0.15) is 0 Å². The van der Waals surface area contributed by atoms with Crippen LogP contribution in [0, 0.1) is 23.2 Å². The van der Waals surface area contributed by atoms with Crippen LogP contribution in [0.2, 0.25) is 0 Å². The molecule has 0 heterocycles. The van der Waals surface area contributed by atoms with Crippen LogP contribution in [0.25, 0.3) is 0 Å². The highest BCUT2D eigenvalue weighted by Crippen LogP contribution is 2.60. The molecule has 0 saturated heterocycles. The van der Waals surface area contributed by atoms with Crippen molar-refractivity contribution in [2.24, 2.45) is 23.2 Å². The lowest BCUT2D eigenvalue weighted by atomic mass is 9.49. The van der Waals surface area contributed by atoms with Crippen LogP contribution in [-0.4, -0.2) is 24.0 Å². The summed E-state index contributed by atoms with van der Waals surface area (Å²) < 4.78 is 0. The molecule has 4 aliphatic rings. The quantitative estimate of drug-likeness (QED) is 0.701. The SMILES string of the molecule is CN(CC12CC3CC(CC(C3)C1)C2)C(C)(C)C. The van der Waals surface area contributed by atoms with Gasteiger partial charge in [0.25, 0.3) is 0 Å². The molecule has 17 heavy (non-hydrogen) atoms. The second kappa shape index (κ2) is 3.73. The second-order valence-corrected chi connectivity index (χ2v) is 8.44. The van der Waals surface area contributed by atoms with Gasteiger partial charge < -0.3 is 4.90 Å². The zero-order chi connectivity index (χ0) is 12.3. The van der Waals surface area contributed by atoms with Gasteiger partial charge in [0.05, 0.1) is 0 Å².